The molecule has 1 fully saturated rings. The highest BCUT2D eigenvalue weighted by molar-refractivity contribution is 9.11. The van der Waals surface area contributed by atoms with Crippen molar-refractivity contribution in [3.63, 3.8) is 0 Å². The number of benzene rings is 3. The second kappa shape index (κ2) is 10.9. The molecule has 0 atom stereocenters. The average molecular weight is 674 g/mol. The molecule has 3 aromatic rings. The fraction of sp³-hybridized carbons (Fsp3) is 0.0800. The Labute approximate surface area is 238 Å². The molecule has 3 aromatic carbocycles. The van der Waals surface area contributed by atoms with Crippen LogP contribution in [0.3, 0.4) is 0 Å². The highest BCUT2D eigenvalue weighted by atomic mass is 79.9. The van der Waals surface area contributed by atoms with E-state index in [1.807, 2.05) is 0 Å². The number of carbonyl (C=O) groups excluding carboxylic acids is 3. The molecular weight excluding hydrogens is 658 g/mol. The average Bonchev–Trinajstić information content (AvgIpc) is 2.79. The highest BCUT2D eigenvalue weighted by Gasteiger charge is 2.37. The summed E-state index contributed by atoms with van der Waals surface area (Å²) < 4.78 is 7.05. The largest absolute Gasteiger partial charge is 0.486 e. The molecule has 0 radical (unpaired) electrons. The molecule has 0 aliphatic carbocycles. The lowest BCUT2D eigenvalue weighted by atomic mass is 10.1. The van der Waals surface area contributed by atoms with Crippen LogP contribution in [-0.2, 0) is 16.2 Å². The maximum atomic E-state index is 13.2. The fourth-order valence-corrected chi connectivity index (χ4v) is 5.46. The number of hydrogen-bond donors (Lipinski definition) is 1. The SMILES string of the molecule is Cc1ccc(N2C(=O)NC(=O)/C(=C/c3cc(Br)c(OCc4ccc(Cl)cc4Cl)c(Br)c3)C2=O)cc1Cl. The third-order valence-electron chi connectivity index (χ3n) is 5.23. The number of aryl methyl sites for hydroxylation is 1. The molecule has 4 rings (SSSR count). The quantitative estimate of drug-likeness (QED) is 0.222. The molecule has 1 saturated heterocycles. The molecule has 0 aromatic heterocycles. The lowest BCUT2D eigenvalue weighted by Crippen LogP contribution is -2.54. The van der Waals surface area contributed by atoms with Crippen molar-refractivity contribution in [2.24, 2.45) is 0 Å². The van der Waals surface area contributed by atoms with Crippen LogP contribution >= 0.6 is 66.7 Å². The van der Waals surface area contributed by atoms with E-state index in [9.17, 15) is 14.4 Å². The van der Waals surface area contributed by atoms with Gasteiger partial charge in [0.25, 0.3) is 11.8 Å². The predicted molar refractivity (Wildman–Crippen MR) is 148 cm³/mol. The number of imide groups is 2. The maximum absolute atomic E-state index is 13.2. The summed E-state index contributed by atoms with van der Waals surface area (Å²) in [5.41, 5.74) is 2.08. The van der Waals surface area contributed by atoms with E-state index < -0.39 is 17.8 Å². The first-order valence-corrected chi connectivity index (χ1v) is 13.0. The van der Waals surface area contributed by atoms with Gasteiger partial charge in [-0.25, -0.2) is 9.69 Å². The molecular formula is C25H15Br2Cl3N2O4. The summed E-state index contributed by atoms with van der Waals surface area (Å²) >= 11 is 25.3. The van der Waals surface area contributed by atoms with Gasteiger partial charge in [0.15, 0.2) is 0 Å². The topological polar surface area (TPSA) is 75.7 Å². The zero-order chi connectivity index (χ0) is 26.1. The standard InChI is InChI=1S/C25H15Br2Cl3N2O4/c1-12-2-5-16(10-20(12)29)32-24(34)17(23(33)31-25(32)35)6-13-7-18(26)22(19(27)8-13)36-11-14-3-4-15(28)9-21(14)30/h2-10H,11H2,1H3,(H,31,33,35)/b17-6-. The highest BCUT2D eigenvalue weighted by Crippen LogP contribution is 2.37. The normalized spacial score (nSPS) is 14.9. The van der Waals surface area contributed by atoms with E-state index in [1.165, 1.54) is 12.1 Å². The molecule has 0 saturated carbocycles. The number of ether oxygens (including phenoxy) is 1. The first-order chi connectivity index (χ1) is 17.0. The van der Waals surface area contributed by atoms with Crippen LogP contribution in [0.2, 0.25) is 15.1 Å². The van der Waals surface area contributed by atoms with E-state index in [1.54, 1.807) is 49.4 Å². The van der Waals surface area contributed by atoms with Gasteiger partial charge in [-0.2, -0.15) is 0 Å². The number of nitrogens with zero attached hydrogens (tertiary/aromatic N) is 1. The number of urea groups is 1. The van der Waals surface area contributed by atoms with Crippen molar-refractivity contribution < 1.29 is 19.1 Å². The summed E-state index contributed by atoms with van der Waals surface area (Å²) in [6.07, 6.45) is 1.39. The Hall–Kier alpha value is -2.36. The maximum Gasteiger partial charge on any atom is 0.335 e. The molecule has 1 heterocycles. The predicted octanol–water partition coefficient (Wildman–Crippen LogP) is 7.73. The van der Waals surface area contributed by atoms with E-state index in [0.29, 0.717) is 35.3 Å². The fourth-order valence-electron chi connectivity index (χ4n) is 3.37. The summed E-state index contributed by atoms with van der Waals surface area (Å²) in [4.78, 5) is 39.0. The van der Waals surface area contributed by atoms with Gasteiger partial charge in [-0.15, -0.1) is 0 Å². The molecule has 0 unspecified atom stereocenters. The molecule has 184 valence electrons. The summed E-state index contributed by atoms with van der Waals surface area (Å²) in [5, 5.41) is 3.59. The van der Waals surface area contributed by atoms with Gasteiger partial charge < -0.3 is 4.74 Å². The molecule has 0 bridgehead atoms. The summed E-state index contributed by atoms with van der Waals surface area (Å²) in [7, 11) is 0. The number of anilines is 1. The molecule has 4 amide bonds. The van der Waals surface area contributed by atoms with Gasteiger partial charge in [-0.3, -0.25) is 14.9 Å². The van der Waals surface area contributed by atoms with Crippen LogP contribution in [-0.4, -0.2) is 17.8 Å². The van der Waals surface area contributed by atoms with Crippen molar-refractivity contribution in [3.8, 4) is 5.75 Å². The van der Waals surface area contributed by atoms with Crippen LogP contribution in [0.5, 0.6) is 5.75 Å². The summed E-state index contributed by atoms with van der Waals surface area (Å²) in [6, 6.07) is 12.4. The van der Waals surface area contributed by atoms with Gasteiger partial charge >= 0.3 is 6.03 Å². The van der Waals surface area contributed by atoms with Gasteiger partial charge in [0.05, 0.1) is 14.6 Å². The van der Waals surface area contributed by atoms with Gasteiger partial charge in [0, 0.05) is 20.6 Å². The number of nitrogens with one attached hydrogen (secondary N) is 1. The van der Waals surface area contributed by atoms with Crippen molar-refractivity contribution >= 4 is 96.3 Å². The van der Waals surface area contributed by atoms with Crippen LogP contribution in [0.15, 0.2) is 63.0 Å². The van der Waals surface area contributed by atoms with Crippen molar-refractivity contribution in [2.75, 3.05) is 4.90 Å². The van der Waals surface area contributed by atoms with Gasteiger partial charge in [-0.1, -0.05) is 46.9 Å². The molecule has 1 N–H and O–H groups in total. The van der Waals surface area contributed by atoms with Crippen LogP contribution in [0.4, 0.5) is 10.5 Å². The minimum absolute atomic E-state index is 0.185. The van der Waals surface area contributed by atoms with Gasteiger partial charge in [0.1, 0.15) is 17.9 Å². The minimum Gasteiger partial charge on any atom is -0.486 e. The number of rotatable bonds is 5. The van der Waals surface area contributed by atoms with Crippen molar-refractivity contribution in [1.82, 2.24) is 5.32 Å². The third kappa shape index (κ3) is 5.63. The number of barbiturate groups is 1. The zero-order valence-electron chi connectivity index (χ0n) is 18.4. The van der Waals surface area contributed by atoms with Crippen LogP contribution in [0.25, 0.3) is 6.08 Å². The number of amides is 4. The van der Waals surface area contributed by atoms with E-state index >= 15 is 0 Å². The molecule has 1 aliphatic rings. The molecule has 11 heteroatoms. The summed E-state index contributed by atoms with van der Waals surface area (Å²) in [6.45, 7) is 1.98. The second-order valence-electron chi connectivity index (χ2n) is 7.73. The molecule has 1 aliphatic heterocycles. The Balaban J connectivity index is 1.61. The Bertz CT molecular complexity index is 1440. The first-order valence-electron chi connectivity index (χ1n) is 10.3. The third-order valence-corrected chi connectivity index (χ3v) is 7.41. The number of hydrogen-bond acceptors (Lipinski definition) is 4. The second-order valence-corrected chi connectivity index (χ2v) is 10.7. The number of halogens is 5. The van der Waals surface area contributed by atoms with Gasteiger partial charge in [0.2, 0.25) is 0 Å². The Morgan fingerprint density at radius 3 is 2.28 bits per heavy atom. The minimum atomic E-state index is -0.853. The molecule has 36 heavy (non-hydrogen) atoms. The van der Waals surface area contributed by atoms with Gasteiger partial charge in [-0.05, 0) is 92.4 Å². The lowest BCUT2D eigenvalue weighted by Gasteiger charge is -2.26. The van der Waals surface area contributed by atoms with E-state index in [2.05, 4.69) is 37.2 Å². The number of carbonyl (C=O) groups is 3. The Morgan fingerprint density at radius 2 is 1.64 bits per heavy atom. The van der Waals surface area contributed by atoms with Crippen LogP contribution in [0, 0.1) is 6.92 Å². The van der Waals surface area contributed by atoms with E-state index in [4.69, 9.17) is 39.5 Å². The van der Waals surface area contributed by atoms with Crippen molar-refractivity contribution in [3.05, 3.63) is 94.8 Å². The van der Waals surface area contributed by atoms with Crippen molar-refractivity contribution in [2.45, 2.75) is 13.5 Å². The van der Waals surface area contributed by atoms with E-state index in [-0.39, 0.29) is 17.9 Å². The van der Waals surface area contributed by atoms with E-state index in [0.717, 1.165) is 16.0 Å². The first kappa shape index (κ1) is 26.7. The lowest BCUT2D eigenvalue weighted by molar-refractivity contribution is -0.122. The zero-order valence-corrected chi connectivity index (χ0v) is 23.8. The Kier molecular flexibility index (Phi) is 8.12. The van der Waals surface area contributed by atoms with Crippen molar-refractivity contribution in [1.29, 1.82) is 0 Å². The summed E-state index contributed by atoms with van der Waals surface area (Å²) in [5.74, 6) is -1.08. The monoisotopic (exact) mass is 670 g/mol. The smallest absolute Gasteiger partial charge is 0.335 e. The van der Waals surface area contributed by atoms with Crippen LogP contribution in [0.1, 0.15) is 16.7 Å². The molecule has 0 spiro atoms. The Morgan fingerprint density at radius 1 is 0.944 bits per heavy atom. The van der Waals surface area contributed by atoms with Crippen LogP contribution < -0.4 is 15.0 Å². The molecule has 6 nitrogen and oxygen atoms in total.